The number of thioether (sulfide) groups is 1. The second kappa shape index (κ2) is 7.79. The summed E-state index contributed by atoms with van der Waals surface area (Å²) in [6.07, 6.45) is 2.02. The SMILES string of the molecule is CCNC(C)c1ccc(Br)cc1Sc1nnc(SC)s1. The minimum absolute atomic E-state index is 0.323. The van der Waals surface area contributed by atoms with Gasteiger partial charge >= 0.3 is 0 Å². The van der Waals surface area contributed by atoms with Crippen LogP contribution in [0, 0.1) is 0 Å². The fraction of sp³-hybridized carbons (Fsp3) is 0.385. The number of hydrogen-bond acceptors (Lipinski definition) is 6. The molecular weight excluding hydrogens is 374 g/mol. The Morgan fingerprint density at radius 2 is 2.10 bits per heavy atom. The Bertz CT molecular complexity index is 574. The highest BCUT2D eigenvalue weighted by Gasteiger charge is 2.13. The van der Waals surface area contributed by atoms with E-state index >= 15 is 0 Å². The number of hydrogen-bond donors (Lipinski definition) is 1. The summed E-state index contributed by atoms with van der Waals surface area (Å²) in [5.41, 5.74) is 1.29. The van der Waals surface area contributed by atoms with Crippen molar-refractivity contribution in [1.29, 1.82) is 0 Å². The maximum atomic E-state index is 4.23. The molecule has 3 nitrogen and oxygen atoms in total. The van der Waals surface area contributed by atoms with Gasteiger partial charge in [0, 0.05) is 15.4 Å². The number of rotatable bonds is 6. The van der Waals surface area contributed by atoms with Crippen molar-refractivity contribution < 1.29 is 0 Å². The molecule has 2 rings (SSSR count). The molecule has 1 atom stereocenters. The first kappa shape index (κ1) is 16.3. The highest BCUT2D eigenvalue weighted by Crippen LogP contribution is 2.37. The zero-order valence-electron chi connectivity index (χ0n) is 11.5. The van der Waals surface area contributed by atoms with Crippen LogP contribution in [0.25, 0.3) is 0 Å². The summed E-state index contributed by atoms with van der Waals surface area (Å²) in [5, 5.41) is 11.8. The molecule has 1 unspecified atom stereocenters. The minimum atomic E-state index is 0.323. The van der Waals surface area contributed by atoms with Crippen LogP contribution in [-0.2, 0) is 0 Å². The summed E-state index contributed by atoms with van der Waals surface area (Å²) in [6, 6.07) is 6.72. The molecule has 20 heavy (non-hydrogen) atoms. The second-order valence-electron chi connectivity index (χ2n) is 4.10. The van der Waals surface area contributed by atoms with Crippen LogP contribution >= 0.6 is 50.8 Å². The Labute approximate surface area is 140 Å². The van der Waals surface area contributed by atoms with Gasteiger partial charge < -0.3 is 5.32 Å². The molecule has 0 saturated carbocycles. The van der Waals surface area contributed by atoms with E-state index in [4.69, 9.17) is 0 Å². The molecule has 0 aliphatic rings. The van der Waals surface area contributed by atoms with Crippen LogP contribution < -0.4 is 5.32 Å². The van der Waals surface area contributed by atoms with Crippen molar-refractivity contribution >= 4 is 50.8 Å². The predicted octanol–water partition coefficient (Wildman–Crippen LogP) is 4.84. The second-order valence-corrected chi connectivity index (χ2v) is 8.34. The standard InChI is InChI=1S/C13H16BrN3S3/c1-4-15-8(2)10-6-5-9(14)7-11(10)19-13-17-16-12(18-3)20-13/h5-8,15H,4H2,1-3H3. The van der Waals surface area contributed by atoms with Crippen LogP contribution in [0.3, 0.4) is 0 Å². The Morgan fingerprint density at radius 3 is 2.75 bits per heavy atom. The zero-order chi connectivity index (χ0) is 14.5. The Balaban J connectivity index is 2.26. The van der Waals surface area contributed by atoms with E-state index < -0.39 is 0 Å². The number of nitrogens with zero attached hydrogens (tertiary/aromatic N) is 2. The van der Waals surface area contributed by atoms with E-state index in [1.54, 1.807) is 34.9 Å². The lowest BCUT2D eigenvalue weighted by Gasteiger charge is -2.16. The van der Waals surface area contributed by atoms with Crippen molar-refractivity contribution in [1.82, 2.24) is 15.5 Å². The number of nitrogens with one attached hydrogen (secondary N) is 1. The molecule has 0 saturated heterocycles. The molecule has 1 aromatic carbocycles. The van der Waals surface area contributed by atoms with E-state index in [-0.39, 0.29) is 0 Å². The maximum Gasteiger partial charge on any atom is 0.179 e. The third-order valence-electron chi connectivity index (χ3n) is 2.71. The van der Waals surface area contributed by atoms with Gasteiger partial charge in [-0.3, -0.25) is 0 Å². The number of halogens is 1. The first-order chi connectivity index (χ1) is 9.63. The van der Waals surface area contributed by atoms with E-state index in [0.29, 0.717) is 6.04 Å². The Morgan fingerprint density at radius 1 is 1.35 bits per heavy atom. The van der Waals surface area contributed by atoms with Gasteiger partial charge in [-0.2, -0.15) is 0 Å². The summed E-state index contributed by atoms with van der Waals surface area (Å²) in [5.74, 6) is 0. The lowest BCUT2D eigenvalue weighted by molar-refractivity contribution is 0.589. The van der Waals surface area contributed by atoms with Crippen LogP contribution in [0.1, 0.15) is 25.5 Å². The van der Waals surface area contributed by atoms with E-state index in [1.165, 1.54) is 10.5 Å². The molecule has 0 spiro atoms. The molecule has 2 aromatic rings. The molecule has 1 N–H and O–H groups in total. The van der Waals surface area contributed by atoms with Crippen LogP contribution in [-0.4, -0.2) is 23.0 Å². The summed E-state index contributed by atoms with van der Waals surface area (Å²) in [7, 11) is 0. The average Bonchev–Trinajstić information content (AvgIpc) is 2.87. The fourth-order valence-electron chi connectivity index (χ4n) is 1.79. The van der Waals surface area contributed by atoms with Crippen LogP contribution in [0.15, 0.2) is 36.2 Å². The van der Waals surface area contributed by atoms with Gasteiger partial charge in [0.2, 0.25) is 0 Å². The van der Waals surface area contributed by atoms with Crippen molar-refractivity contribution in [2.24, 2.45) is 0 Å². The molecule has 0 radical (unpaired) electrons. The van der Waals surface area contributed by atoms with Crippen LogP contribution in [0.4, 0.5) is 0 Å². The third kappa shape index (κ3) is 4.21. The molecule has 1 aromatic heterocycles. The van der Waals surface area contributed by atoms with E-state index in [2.05, 4.69) is 63.5 Å². The van der Waals surface area contributed by atoms with Crippen molar-refractivity contribution in [3.8, 4) is 0 Å². The van der Waals surface area contributed by atoms with Gasteiger partial charge in [-0.05, 0) is 37.4 Å². The van der Waals surface area contributed by atoms with Crippen molar-refractivity contribution in [2.45, 2.75) is 33.5 Å². The predicted molar refractivity (Wildman–Crippen MR) is 92.0 cm³/mol. The normalized spacial score (nSPS) is 12.6. The van der Waals surface area contributed by atoms with Gasteiger partial charge in [0.25, 0.3) is 0 Å². The third-order valence-corrected chi connectivity index (χ3v) is 6.23. The molecule has 7 heteroatoms. The number of aromatic nitrogens is 2. The highest BCUT2D eigenvalue weighted by atomic mass is 79.9. The topological polar surface area (TPSA) is 37.8 Å². The average molecular weight is 390 g/mol. The first-order valence-electron chi connectivity index (χ1n) is 6.22. The van der Waals surface area contributed by atoms with Crippen LogP contribution in [0.2, 0.25) is 0 Å². The Hall–Kier alpha value is -0.0800. The molecule has 1 heterocycles. The summed E-state index contributed by atoms with van der Waals surface area (Å²) in [4.78, 5) is 1.22. The summed E-state index contributed by atoms with van der Waals surface area (Å²) < 4.78 is 3.07. The van der Waals surface area contributed by atoms with Crippen molar-refractivity contribution in [2.75, 3.05) is 12.8 Å². The summed E-state index contributed by atoms with van der Waals surface area (Å²) >= 11 is 8.49. The number of benzene rings is 1. The molecule has 108 valence electrons. The quantitative estimate of drug-likeness (QED) is 0.714. The van der Waals surface area contributed by atoms with Crippen molar-refractivity contribution in [3.63, 3.8) is 0 Å². The van der Waals surface area contributed by atoms with Gasteiger partial charge in [-0.1, -0.05) is 63.8 Å². The molecule has 0 fully saturated rings. The molecule has 0 bridgehead atoms. The summed E-state index contributed by atoms with van der Waals surface area (Å²) in [6.45, 7) is 5.26. The molecule has 0 aliphatic carbocycles. The fourth-order valence-corrected chi connectivity index (χ4v) is 4.95. The van der Waals surface area contributed by atoms with E-state index in [0.717, 1.165) is 19.7 Å². The van der Waals surface area contributed by atoms with Gasteiger partial charge in [0.05, 0.1) is 0 Å². The molecule has 0 amide bonds. The van der Waals surface area contributed by atoms with Gasteiger partial charge in [0.1, 0.15) is 0 Å². The van der Waals surface area contributed by atoms with Crippen molar-refractivity contribution in [3.05, 3.63) is 28.2 Å². The highest BCUT2D eigenvalue weighted by molar-refractivity contribution is 9.10. The van der Waals surface area contributed by atoms with Gasteiger partial charge in [-0.25, -0.2) is 0 Å². The molecular formula is C13H16BrN3S3. The minimum Gasteiger partial charge on any atom is -0.310 e. The first-order valence-corrected chi connectivity index (χ1v) is 9.87. The smallest absolute Gasteiger partial charge is 0.179 e. The van der Waals surface area contributed by atoms with Gasteiger partial charge in [-0.15, -0.1) is 10.2 Å². The molecule has 0 aliphatic heterocycles. The monoisotopic (exact) mass is 389 g/mol. The zero-order valence-corrected chi connectivity index (χ0v) is 15.5. The lowest BCUT2D eigenvalue weighted by Crippen LogP contribution is -2.18. The lowest BCUT2D eigenvalue weighted by atomic mass is 10.1. The van der Waals surface area contributed by atoms with E-state index in [9.17, 15) is 0 Å². The van der Waals surface area contributed by atoms with E-state index in [1.807, 2.05) is 6.26 Å². The van der Waals surface area contributed by atoms with Gasteiger partial charge in [0.15, 0.2) is 8.68 Å². The largest absolute Gasteiger partial charge is 0.310 e. The Kier molecular flexibility index (Phi) is 6.35. The maximum absolute atomic E-state index is 4.23. The van der Waals surface area contributed by atoms with Crippen LogP contribution in [0.5, 0.6) is 0 Å².